The lowest BCUT2D eigenvalue weighted by molar-refractivity contribution is 0.103. The van der Waals surface area contributed by atoms with E-state index in [1.54, 1.807) is 0 Å². The van der Waals surface area contributed by atoms with Gasteiger partial charge in [0.2, 0.25) is 0 Å². The second-order valence-electron chi connectivity index (χ2n) is 3.59. The molecular formula is C13H6Cl2F2O. The molecule has 0 aliphatic heterocycles. The van der Waals surface area contributed by atoms with Crippen LogP contribution in [0.5, 0.6) is 0 Å². The van der Waals surface area contributed by atoms with Gasteiger partial charge < -0.3 is 0 Å². The Hall–Kier alpha value is -1.45. The molecule has 2 aromatic rings. The minimum atomic E-state index is -0.685. The smallest absolute Gasteiger partial charge is 0.193 e. The van der Waals surface area contributed by atoms with Crippen molar-refractivity contribution in [1.29, 1.82) is 0 Å². The number of hydrogen-bond acceptors (Lipinski definition) is 1. The Kier molecular flexibility index (Phi) is 3.64. The van der Waals surface area contributed by atoms with E-state index >= 15 is 0 Å². The zero-order chi connectivity index (χ0) is 13.3. The largest absolute Gasteiger partial charge is 0.289 e. The Morgan fingerprint density at radius 1 is 0.833 bits per heavy atom. The molecule has 1 nitrogen and oxygen atoms in total. The van der Waals surface area contributed by atoms with Gasteiger partial charge in [0, 0.05) is 11.1 Å². The van der Waals surface area contributed by atoms with Crippen LogP contribution in [0.25, 0.3) is 0 Å². The standard InChI is InChI=1S/C13H6Cl2F2O/c14-9-3-1-8(6-12(9)17)13(18)7-2-4-11(16)10(15)5-7/h1-6H. The molecule has 92 valence electrons. The van der Waals surface area contributed by atoms with Gasteiger partial charge in [-0.3, -0.25) is 4.79 Å². The summed E-state index contributed by atoms with van der Waals surface area (Å²) in [6.45, 7) is 0. The van der Waals surface area contributed by atoms with Crippen LogP contribution in [-0.4, -0.2) is 5.78 Å². The van der Waals surface area contributed by atoms with Crippen LogP contribution in [-0.2, 0) is 0 Å². The minimum absolute atomic E-state index is 0.0660. The number of ketones is 1. The van der Waals surface area contributed by atoms with Crippen molar-refractivity contribution >= 4 is 29.0 Å². The van der Waals surface area contributed by atoms with Gasteiger partial charge in [-0.25, -0.2) is 8.78 Å². The molecule has 0 radical (unpaired) electrons. The zero-order valence-electron chi connectivity index (χ0n) is 8.88. The van der Waals surface area contributed by atoms with Crippen molar-refractivity contribution in [2.75, 3.05) is 0 Å². The molecule has 0 saturated carbocycles. The van der Waals surface area contributed by atoms with Crippen molar-refractivity contribution in [3.63, 3.8) is 0 Å². The lowest BCUT2D eigenvalue weighted by atomic mass is 10.0. The average molecular weight is 287 g/mol. The maximum absolute atomic E-state index is 13.2. The average Bonchev–Trinajstić information content (AvgIpc) is 2.35. The Bertz CT molecular complexity index is 573. The van der Waals surface area contributed by atoms with E-state index in [1.165, 1.54) is 24.3 Å². The summed E-state index contributed by atoms with van der Waals surface area (Å²) in [5, 5.41) is -0.223. The second-order valence-corrected chi connectivity index (χ2v) is 4.40. The minimum Gasteiger partial charge on any atom is -0.289 e. The first kappa shape index (κ1) is 13.0. The Labute approximate surface area is 112 Å². The maximum atomic E-state index is 13.2. The van der Waals surface area contributed by atoms with Crippen molar-refractivity contribution in [2.45, 2.75) is 0 Å². The van der Waals surface area contributed by atoms with E-state index in [4.69, 9.17) is 23.2 Å². The Balaban J connectivity index is 2.41. The van der Waals surface area contributed by atoms with Crippen molar-refractivity contribution in [3.05, 3.63) is 69.2 Å². The van der Waals surface area contributed by atoms with Crippen LogP contribution in [0.15, 0.2) is 36.4 Å². The predicted molar refractivity (Wildman–Crippen MR) is 66.3 cm³/mol. The molecular weight excluding hydrogens is 281 g/mol. The fourth-order valence-corrected chi connectivity index (χ4v) is 1.74. The zero-order valence-corrected chi connectivity index (χ0v) is 10.4. The molecule has 2 rings (SSSR count). The molecule has 0 unspecified atom stereocenters. The van der Waals surface area contributed by atoms with Crippen LogP contribution in [0.4, 0.5) is 8.78 Å². The first-order valence-electron chi connectivity index (χ1n) is 4.94. The highest BCUT2D eigenvalue weighted by molar-refractivity contribution is 6.31. The van der Waals surface area contributed by atoms with E-state index < -0.39 is 17.4 Å². The van der Waals surface area contributed by atoms with Gasteiger partial charge in [0.1, 0.15) is 11.6 Å². The number of carbonyl (C=O) groups excluding carboxylic acids is 1. The lowest BCUT2D eigenvalue weighted by Gasteiger charge is -2.03. The topological polar surface area (TPSA) is 17.1 Å². The molecule has 5 heteroatoms. The summed E-state index contributed by atoms with van der Waals surface area (Å²) in [5.41, 5.74) is 0.308. The molecule has 0 saturated heterocycles. The molecule has 0 aliphatic rings. The number of halogens is 4. The van der Waals surface area contributed by atoms with Crippen molar-refractivity contribution in [2.24, 2.45) is 0 Å². The highest BCUT2D eigenvalue weighted by atomic mass is 35.5. The van der Waals surface area contributed by atoms with E-state index in [0.717, 1.165) is 12.1 Å². The van der Waals surface area contributed by atoms with Gasteiger partial charge in [0.25, 0.3) is 0 Å². The van der Waals surface area contributed by atoms with Crippen LogP contribution < -0.4 is 0 Å². The molecule has 0 fully saturated rings. The van der Waals surface area contributed by atoms with Gasteiger partial charge in [-0.2, -0.15) is 0 Å². The molecule has 0 bridgehead atoms. The predicted octanol–water partition coefficient (Wildman–Crippen LogP) is 4.50. The molecule has 0 heterocycles. The number of benzene rings is 2. The van der Waals surface area contributed by atoms with Crippen LogP contribution >= 0.6 is 23.2 Å². The summed E-state index contributed by atoms with van der Waals surface area (Å²) >= 11 is 11.1. The second kappa shape index (κ2) is 5.04. The van der Waals surface area contributed by atoms with E-state index in [1.807, 2.05) is 0 Å². The first-order valence-corrected chi connectivity index (χ1v) is 5.69. The van der Waals surface area contributed by atoms with E-state index in [9.17, 15) is 13.6 Å². The molecule has 0 N–H and O–H groups in total. The lowest BCUT2D eigenvalue weighted by Crippen LogP contribution is -2.02. The van der Waals surface area contributed by atoms with Crippen LogP contribution in [0, 0.1) is 11.6 Å². The fraction of sp³-hybridized carbons (Fsp3) is 0. The highest BCUT2D eigenvalue weighted by Crippen LogP contribution is 2.21. The van der Waals surface area contributed by atoms with Gasteiger partial charge >= 0.3 is 0 Å². The van der Waals surface area contributed by atoms with Crippen molar-refractivity contribution in [1.82, 2.24) is 0 Å². The third-order valence-electron chi connectivity index (χ3n) is 2.36. The molecule has 0 spiro atoms. The quantitative estimate of drug-likeness (QED) is 0.743. The Morgan fingerprint density at radius 3 is 2.06 bits per heavy atom. The first-order chi connectivity index (χ1) is 8.49. The molecule has 0 aliphatic carbocycles. The van der Waals surface area contributed by atoms with Crippen molar-refractivity contribution in [3.8, 4) is 0 Å². The third-order valence-corrected chi connectivity index (χ3v) is 2.96. The molecule has 0 amide bonds. The number of carbonyl (C=O) groups is 1. The van der Waals surface area contributed by atoms with Gasteiger partial charge in [0.15, 0.2) is 5.78 Å². The summed E-state index contributed by atoms with van der Waals surface area (Å²) in [6, 6.07) is 7.28. The van der Waals surface area contributed by atoms with Crippen LogP contribution in [0.1, 0.15) is 15.9 Å². The van der Waals surface area contributed by atoms with Crippen LogP contribution in [0.3, 0.4) is 0 Å². The van der Waals surface area contributed by atoms with Gasteiger partial charge in [-0.05, 0) is 36.4 Å². The van der Waals surface area contributed by atoms with E-state index in [2.05, 4.69) is 0 Å². The van der Waals surface area contributed by atoms with Gasteiger partial charge in [-0.1, -0.05) is 23.2 Å². The normalized spacial score (nSPS) is 10.4. The summed E-state index contributed by atoms with van der Waals surface area (Å²) in [5.74, 6) is -1.75. The monoisotopic (exact) mass is 286 g/mol. The molecule has 0 atom stereocenters. The number of rotatable bonds is 2. The maximum Gasteiger partial charge on any atom is 0.193 e. The van der Waals surface area contributed by atoms with E-state index in [-0.39, 0.29) is 21.2 Å². The fourth-order valence-electron chi connectivity index (χ4n) is 1.44. The Morgan fingerprint density at radius 2 is 1.44 bits per heavy atom. The van der Waals surface area contributed by atoms with E-state index in [0.29, 0.717) is 0 Å². The number of hydrogen-bond donors (Lipinski definition) is 0. The van der Waals surface area contributed by atoms with Gasteiger partial charge in [0.05, 0.1) is 10.0 Å². The van der Waals surface area contributed by atoms with Gasteiger partial charge in [-0.15, -0.1) is 0 Å². The highest BCUT2D eigenvalue weighted by Gasteiger charge is 2.13. The summed E-state index contributed by atoms with van der Waals surface area (Å²) < 4.78 is 26.2. The SMILES string of the molecule is O=C(c1ccc(Cl)c(F)c1)c1ccc(F)c(Cl)c1. The summed E-state index contributed by atoms with van der Waals surface area (Å²) in [7, 11) is 0. The third kappa shape index (κ3) is 2.52. The van der Waals surface area contributed by atoms with Crippen LogP contribution in [0.2, 0.25) is 10.0 Å². The van der Waals surface area contributed by atoms with Crippen molar-refractivity contribution < 1.29 is 13.6 Å². The summed E-state index contributed by atoms with van der Waals surface area (Å²) in [6.07, 6.45) is 0. The molecule has 0 aromatic heterocycles. The summed E-state index contributed by atoms with van der Waals surface area (Å²) in [4.78, 5) is 12.0. The molecule has 18 heavy (non-hydrogen) atoms. The molecule has 2 aromatic carbocycles.